The molecule has 2 aromatic heterocycles. The van der Waals surface area contributed by atoms with E-state index in [9.17, 15) is 14.4 Å². The SMILES string of the molecule is COC(=O)c1c(C)[nH]c(C(=O)COC(=O)c2ccc(-n3cccc3)cc2)c1C. The van der Waals surface area contributed by atoms with Gasteiger partial charge in [0, 0.05) is 23.8 Å². The Morgan fingerprint density at radius 3 is 2.25 bits per heavy atom. The van der Waals surface area contributed by atoms with Crippen molar-refractivity contribution in [1.82, 2.24) is 9.55 Å². The molecule has 0 unspecified atom stereocenters. The highest BCUT2D eigenvalue weighted by molar-refractivity contribution is 6.03. The molecular weight excluding hydrogens is 360 g/mol. The number of nitrogens with one attached hydrogen (secondary N) is 1. The summed E-state index contributed by atoms with van der Waals surface area (Å²) in [6.45, 7) is 2.89. The van der Waals surface area contributed by atoms with Gasteiger partial charge in [0.2, 0.25) is 5.78 Å². The molecule has 7 heteroatoms. The number of rotatable bonds is 6. The van der Waals surface area contributed by atoms with Crippen LogP contribution in [0.4, 0.5) is 0 Å². The van der Waals surface area contributed by atoms with Gasteiger partial charge in [0.05, 0.1) is 23.9 Å². The van der Waals surface area contributed by atoms with E-state index >= 15 is 0 Å². The van der Waals surface area contributed by atoms with E-state index in [0.717, 1.165) is 5.69 Å². The molecular formula is C21H20N2O5. The lowest BCUT2D eigenvalue weighted by Crippen LogP contribution is -2.15. The zero-order chi connectivity index (χ0) is 20.3. The van der Waals surface area contributed by atoms with Gasteiger partial charge < -0.3 is 19.0 Å². The fourth-order valence-corrected chi connectivity index (χ4v) is 3.00. The second kappa shape index (κ2) is 7.96. The first-order valence-corrected chi connectivity index (χ1v) is 8.63. The molecule has 0 atom stereocenters. The summed E-state index contributed by atoms with van der Waals surface area (Å²) in [5.74, 6) is -1.54. The van der Waals surface area contributed by atoms with Crippen LogP contribution in [0.15, 0.2) is 48.8 Å². The number of esters is 2. The quantitative estimate of drug-likeness (QED) is 0.524. The third kappa shape index (κ3) is 3.73. The Hall–Kier alpha value is -3.61. The average Bonchev–Trinajstić information content (AvgIpc) is 3.34. The smallest absolute Gasteiger partial charge is 0.339 e. The van der Waals surface area contributed by atoms with Gasteiger partial charge in [-0.15, -0.1) is 0 Å². The van der Waals surface area contributed by atoms with Crippen LogP contribution in [0.1, 0.15) is 42.5 Å². The maximum absolute atomic E-state index is 12.4. The van der Waals surface area contributed by atoms with Crippen molar-refractivity contribution < 1.29 is 23.9 Å². The minimum atomic E-state index is -0.596. The Bertz CT molecular complexity index is 1010. The molecule has 0 aliphatic carbocycles. The van der Waals surface area contributed by atoms with Crippen LogP contribution in [0.5, 0.6) is 0 Å². The Balaban J connectivity index is 1.66. The first-order chi connectivity index (χ1) is 13.4. The maximum atomic E-state index is 12.4. The number of Topliss-reactive ketones (excluding diaryl/α,β-unsaturated/α-hetero) is 1. The van der Waals surface area contributed by atoms with Crippen molar-refractivity contribution in [3.8, 4) is 5.69 Å². The number of benzene rings is 1. The predicted molar refractivity (Wildman–Crippen MR) is 102 cm³/mol. The molecule has 0 spiro atoms. The second-order valence-electron chi connectivity index (χ2n) is 6.25. The van der Waals surface area contributed by atoms with Gasteiger partial charge in [-0.2, -0.15) is 0 Å². The summed E-state index contributed by atoms with van der Waals surface area (Å²) in [6.07, 6.45) is 3.80. The molecule has 0 amide bonds. The standard InChI is InChI=1S/C21H20N2O5/c1-13-18(21(26)27-3)14(2)22-19(13)17(24)12-28-20(25)15-6-8-16(9-7-15)23-10-4-5-11-23/h4-11,22H,12H2,1-3H3. The lowest BCUT2D eigenvalue weighted by Gasteiger charge is -2.06. The zero-order valence-electron chi connectivity index (χ0n) is 15.8. The van der Waals surface area contributed by atoms with Gasteiger partial charge >= 0.3 is 11.9 Å². The molecule has 0 fully saturated rings. The van der Waals surface area contributed by atoms with E-state index in [4.69, 9.17) is 9.47 Å². The first-order valence-electron chi connectivity index (χ1n) is 8.63. The number of aryl methyl sites for hydroxylation is 1. The van der Waals surface area contributed by atoms with Crippen LogP contribution in [0, 0.1) is 13.8 Å². The van der Waals surface area contributed by atoms with Gasteiger partial charge in [-0.1, -0.05) is 0 Å². The highest BCUT2D eigenvalue weighted by Crippen LogP contribution is 2.19. The van der Waals surface area contributed by atoms with Gasteiger partial charge in [0.1, 0.15) is 0 Å². The molecule has 2 heterocycles. The van der Waals surface area contributed by atoms with Crippen LogP contribution in [0.3, 0.4) is 0 Å². The van der Waals surface area contributed by atoms with Crippen LogP contribution in [-0.4, -0.2) is 41.0 Å². The monoisotopic (exact) mass is 380 g/mol. The second-order valence-corrected chi connectivity index (χ2v) is 6.25. The highest BCUT2D eigenvalue weighted by atomic mass is 16.5. The number of carbonyl (C=O) groups is 3. The van der Waals surface area contributed by atoms with Gasteiger partial charge in [0.25, 0.3) is 0 Å². The molecule has 1 aromatic carbocycles. The van der Waals surface area contributed by atoms with Crippen molar-refractivity contribution in [2.75, 3.05) is 13.7 Å². The van der Waals surface area contributed by atoms with Crippen molar-refractivity contribution in [3.05, 3.63) is 76.9 Å². The van der Waals surface area contributed by atoms with Gasteiger partial charge in [0.15, 0.2) is 6.61 Å². The fourth-order valence-electron chi connectivity index (χ4n) is 3.00. The summed E-state index contributed by atoms with van der Waals surface area (Å²) in [5, 5.41) is 0. The summed E-state index contributed by atoms with van der Waals surface area (Å²) >= 11 is 0. The largest absolute Gasteiger partial charge is 0.465 e. The van der Waals surface area contributed by atoms with E-state index in [2.05, 4.69) is 4.98 Å². The highest BCUT2D eigenvalue weighted by Gasteiger charge is 2.23. The summed E-state index contributed by atoms with van der Waals surface area (Å²) in [4.78, 5) is 39.3. The third-order valence-corrected chi connectivity index (χ3v) is 4.45. The zero-order valence-corrected chi connectivity index (χ0v) is 15.8. The number of methoxy groups -OCH3 is 1. The maximum Gasteiger partial charge on any atom is 0.339 e. The number of hydrogen-bond donors (Lipinski definition) is 1. The first kappa shape index (κ1) is 19.2. The summed E-state index contributed by atoms with van der Waals surface area (Å²) in [7, 11) is 1.28. The van der Waals surface area contributed by atoms with Crippen molar-refractivity contribution >= 4 is 17.7 Å². The number of aromatic amines is 1. The molecule has 0 saturated carbocycles. The topological polar surface area (TPSA) is 90.4 Å². The molecule has 0 radical (unpaired) electrons. The normalized spacial score (nSPS) is 10.5. The molecule has 3 rings (SSSR count). The Morgan fingerprint density at radius 2 is 1.64 bits per heavy atom. The van der Waals surface area contributed by atoms with Crippen molar-refractivity contribution in [2.24, 2.45) is 0 Å². The number of nitrogens with zero attached hydrogens (tertiary/aromatic N) is 1. The molecule has 28 heavy (non-hydrogen) atoms. The Morgan fingerprint density at radius 1 is 1.00 bits per heavy atom. The third-order valence-electron chi connectivity index (χ3n) is 4.45. The predicted octanol–water partition coefficient (Wildman–Crippen LogP) is 3.25. The molecule has 0 saturated heterocycles. The molecule has 0 aliphatic heterocycles. The van der Waals surface area contributed by atoms with Crippen LogP contribution in [-0.2, 0) is 9.47 Å². The van der Waals surface area contributed by atoms with Gasteiger partial charge in [-0.3, -0.25) is 4.79 Å². The van der Waals surface area contributed by atoms with Gasteiger partial charge in [-0.05, 0) is 55.8 Å². The van der Waals surface area contributed by atoms with Crippen LogP contribution in [0.2, 0.25) is 0 Å². The molecule has 7 nitrogen and oxygen atoms in total. The van der Waals surface area contributed by atoms with Gasteiger partial charge in [-0.25, -0.2) is 9.59 Å². The van der Waals surface area contributed by atoms with Crippen molar-refractivity contribution in [2.45, 2.75) is 13.8 Å². The van der Waals surface area contributed by atoms with Crippen LogP contribution < -0.4 is 0 Å². The van der Waals surface area contributed by atoms with E-state index in [0.29, 0.717) is 22.4 Å². The van der Waals surface area contributed by atoms with Crippen molar-refractivity contribution in [1.29, 1.82) is 0 Å². The number of hydrogen-bond acceptors (Lipinski definition) is 5. The number of ketones is 1. The van der Waals surface area contributed by atoms with Crippen LogP contribution >= 0.6 is 0 Å². The molecule has 0 aliphatic rings. The van der Waals surface area contributed by atoms with E-state index in [1.54, 1.807) is 38.1 Å². The van der Waals surface area contributed by atoms with Crippen molar-refractivity contribution in [3.63, 3.8) is 0 Å². The molecule has 144 valence electrons. The lowest BCUT2D eigenvalue weighted by atomic mass is 10.1. The molecule has 1 N–H and O–H groups in total. The average molecular weight is 380 g/mol. The summed E-state index contributed by atoms with van der Waals surface area (Å²) in [6, 6.07) is 10.7. The van der Waals surface area contributed by atoms with E-state index in [1.807, 2.05) is 29.1 Å². The minimum Gasteiger partial charge on any atom is -0.465 e. The van der Waals surface area contributed by atoms with E-state index in [-0.39, 0.29) is 5.69 Å². The fraction of sp³-hybridized carbons (Fsp3) is 0.190. The number of H-pyrrole nitrogens is 1. The summed E-state index contributed by atoms with van der Waals surface area (Å²) in [5.41, 5.74) is 2.80. The Labute approximate surface area is 161 Å². The Kier molecular flexibility index (Phi) is 5.44. The lowest BCUT2D eigenvalue weighted by molar-refractivity contribution is 0.0473. The van der Waals surface area contributed by atoms with Crippen LogP contribution in [0.25, 0.3) is 5.69 Å². The minimum absolute atomic E-state index is 0.230. The number of aromatic nitrogens is 2. The van der Waals surface area contributed by atoms with E-state index in [1.165, 1.54) is 7.11 Å². The molecule has 3 aromatic rings. The van der Waals surface area contributed by atoms with E-state index < -0.39 is 24.3 Å². The number of carbonyl (C=O) groups excluding carboxylic acids is 3. The molecule has 0 bridgehead atoms. The number of ether oxygens (including phenoxy) is 2. The summed E-state index contributed by atoms with van der Waals surface area (Å²) < 4.78 is 11.8.